The number of nitrogens with two attached hydrogens (primary N) is 1. The van der Waals surface area contributed by atoms with Crippen LogP contribution in [0.25, 0.3) is 21.5 Å². The Morgan fingerprint density at radius 3 is 2.66 bits per heavy atom. The first kappa shape index (κ1) is 21.6. The number of hydrogen-bond donors (Lipinski definition) is 2. The van der Waals surface area contributed by atoms with Crippen LogP contribution in [0.3, 0.4) is 0 Å². The first-order valence-corrected chi connectivity index (χ1v) is 10.4. The lowest BCUT2D eigenvalue weighted by Crippen LogP contribution is -2.22. The number of hydrogen-bond acceptors (Lipinski definition) is 5. The van der Waals surface area contributed by atoms with Crippen molar-refractivity contribution in [1.29, 1.82) is 0 Å². The van der Waals surface area contributed by atoms with E-state index in [0.717, 1.165) is 29.0 Å². The zero-order chi connectivity index (χ0) is 22.9. The van der Waals surface area contributed by atoms with Gasteiger partial charge in [0, 0.05) is 17.5 Å². The van der Waals surface area contributed by atoms with Crippen molar-refractivity contribution in [3.05, 3.63) is 76.7 Å². The normalized spacial score (nSPS) is 11.5. The van der Waals surface area contributed by atoms with Crippen molar-refractivity contribution in [1.82, 2.24) is 10.3 Å². The molecule has 2 heterocycles. The van der Waals surface area contributed by atoms with E-state index in [4.69, 9.17) is 10.5 Å². The second-order valence-electron chi connectivity index (χ2n) is 7.01. The Kier molecular flexibility index (Phi) is 5.75. The number of fused-ring (bicyclic) bond motifs is 1. The molecule has 2 aromatic carbocycles. The number of carbonyl (C=O) groups is 1. The van der Waals surface area contributed by atoms with Crippen molar-refractivity contribution in [3.8, 4) is 17.0 Å². The first-order chi connectivity index (χ1) is 15.3. The molecule has 4 rings (SSSR count). The number of pyridine rings is 1. The summed E-state index contributed by atoms with van der Waals surface area (Å²) in [7, 11) is 1.58. The van der Waals surface area contributed by atoms with Crippen molar-refractivity contribution in [3.63, 3.8) is 0 Å². The summed E-state index contributed by atoms with van der Waals surface area (Å²) in [6.07, 6.45) is -4.44. The number of carbonyl (C=O) groups excluding carboxylic acids is 1. The first-order valence-electron chi connectivity index (χ1n) is 9.54. The third-order valence-electron chi connectivity index (χ3n) is 4.87. The van der Waals surface area contributed by atoms with Crippen molar-refractivity contribution < 1.29 is 22.7 Å². The summed E-state index contributed by atoms with van der Waals surface area (Å²) in [5.74, 6) is 0.232. The van der Waals surface area contributed by atoms with Crippen LogP contribution in [0, 0.1) is 0 Å². The van der Waals surface area contributed by atoms with Crippen molar-refractivity contribution in [2.45, 2.75) is 12.7 Å². The molecule has 0 aliphatic heterocycles. The highest BCUT2D eigenvalue weighted by atomic mass is 32.1. The van der Waals surface area contributed by atoms with Gasteiger partial charge in [0.2, 0.25) is 0 Å². The summed E-state index contributed by atoms with van der Waals surface area (Å²) in [5.41, 5.74) is 7.59. The molecule has 4 aromatic rings. The molecule has 0 bridgehead atoms. The Balaban J connectivity index is 1.56. The van der Waals surface area contributed by atoms with Crippen LogP contribution in [0.1, 0.15) is 20.8 Å². The summed E-state index contributed by atoms with van der Waals surface area (Å²) in [4.78, 5) is 18.2. The maximum absolute atomic E-state index is 12.9. The molecule has 0 radical (unpaired) electrons. The lowest BCUT2D eigenvalue weighted by molar-refractivity contribution is -0.137. The molecule has 0 unspecified atom stereocenters. The van der Waals surface area contributed by atoms with Crippen molar-refractivity contribution >= 4 is 33.1 Å². The number of halogens is 3. The van der Waals surface area contributed by atoms with Gasteiger partial charge in [0.1, 0.15) is 15.5 Å². The minimum absolute atomic E-state index is 0.0566. The van der Waals surface area contributed by atoms with Crippen LogP contribution in [-0.2, 0) is 12.7 Å². The number of anilines is 1. The lowest BCUT2D eigenvalue weighted by Gasteiger charge is -2.09. The Morgan fingerprint density at radius 2 is 1.91 bits per heavy atom. The highest BCUT2D eigenvalue weighted by Crippen LogP contribution is 2.35. The Labute approximate surface area is 185 Å². The van der Waals surface area contributed by atoms with Gasteiger partial charge in [-0.15, -0.1) is 11.3 Å². The number of methoxy groups -OCH3 is 1. The number of thiophene rings is 1. The second-order valence-corrected chi connectivity index (χ2v) is 8.01. The molecule has 3 N–H and O–H groups in total. The minimum Gasteiger partial charge on any atom is -0.497 e. The number of benzene rings is 2. The highest BCUT2D eigenvalue weighted by molar-refractivity contribution is 7.21. The molecule has 0 saturated carbocycles. The zero-order valence-electron chi connectivity index (χ0n) is 16.9. The van der Waals surface area contributed by atoms with E-state index < -0.39 is 17.6 Å². The van der Waals surface area contributed by atoms with E-state index in [1.54, 1.807) is 13.2 Å². The van der Waals surface area contributed by atoms with E-state index in [9.17, 15) is 18.0 Å². The number of nitrogen functional groups attached to an aromatic ring is 1. The van der Waals surface area contributed by atoms with Gasteiger partial charge in [0.25, 0.3) is 5.91 Å². The fraction of sp³-hybridized carbons (Fsp3) is 0.130. The lowest BCUT2D eigenvalue weighted by atomic mass is 10.1. The van der Waals surface area contributed by atoms with Crippen molar-refractivity contribution in [2.75, 3.05) is 12.8 Å². The Hall–Kier alpha value is -3.59. The summed E-state index contributed by atoms with van der Waals surface area (Å²) in [6, 6.07) is 15.9. The van der Waals surface area contributed by atoms with E-state index in [0.29, 0.717) is 27.2 Å². The monoisotopic (exact) mass is 457 g/mol. The number of ether oxygens (including phenoxy) is 1. The molecule has 0 fully saturated rings. The molecule has 0 atom stereocenters. The van der Waals surface area contributed by atoms with Crippen LogP contribution in [0.5, 0.6) is 5.75 Å². The SMILES string of the molecule is COc1cccc(-c2ccc3c(N)c(C(=O)NCc4cccc(C(F)(F)F)c4)sc3n2)c1. The molecular formula is C23H18F3N3O2S. The molecular weight excluding hydrogens is 439 g/mol. The van der Waals surface area contributed by atoms with E-state index in [2.05, 4.69) is 10.3 Å². The van der Waals surface area contributed by atoms with Gasteiger partial charge in [-0.1, -0.05) is 24.3 Å². The second kappa shape index (κ2) is 8.51. The average Bonchev–Trinajstić information content (AvgIpc) is 3.13. The van der Waals surface area contributed by atoms with Gasteiger partial charge >= 0.3 is 6.18 Å². The summed E-state index contributed by atoms with van der Waals surface area (Å²) < 4.78 is 43.9. The predicted octanol–water partition coefficient (Wildman–Crippen LogP) is 5.50. The molecule has 5 nitrogen and oxygen atoms in total. The van der Waals surface area contributed by atoms with Gasteiger partial charge in [-0.25, -0.2) is 4.98 Å². The molecule has 0 aliphatic rings. The van der Waals surface area contributed by atoms with Crippen LogP contribution >= 0.6 is 11.3 Å². The molecule has 2 aromatic heterocycles. The molecule has 0 saturated heterocycles. The van der Waals surface area contributed by atoms with E-state index in [-0.39, 0.29) is 17.1 Å². The third kappa shape index (κ3) is 4.38. The highest BCUT2D eigenvalue weighted by Gasteiger charge is 2.30. The van der Waals surface area contributed by atoms with Crippen molar-refractivity contribution in [2.24, 2.45) is 0 Å². The largest absolute Gasteiger partial charge is 0.497 e. The van der Waals surface area contributed by atoms with E-state index in [1.165, 1.54) is 12.1 Å². The Bertz CT molecular complexity index is 1300. The van der Waals surface area contributed by atoms with Gasteiger partial charge < -0.3 is 15.8 Å². The smallest absolute Gasteiger partial charge is 0.416 e. The van der Waals surface area contributed by atoms with Gasteiger partial charge in [0.05, 0.1) is 24.1 Å². The molecule has 0 spiro atoms. The molecule has 9 heteroatoms. The average molecular weight is 457 g/mol. The van der Waals surface area contributed by atoms with Gasteiger partial charge in [-0.2, -0.15) is 13.2 Å². The number of amides is 1. The van der Waals surface area contributed by atoms with Crippen LogP contribution in [-0.4, -0.2) is 18.0 Å². The van der Waals surface area contributed by atoms with Gasteiger partial charge in [-0.3, -0.25) is 4.79 Å². The van der Waals surface area contributed by atoms with Crippen LogP contribution in [0.2, 0.25) is 0 Å². The summed E-state index contributed by atoms with van der Waals surface area (Å²) >= 11 is 1.13. The molecule has 0 aliphatic carbocycles. The predicted molar refractivity (Wildman–Crippen MR) is 119 cm³/mol. The van der Waals surface area contributed by atoms with Crippen LogP contribution in [0.15, 0.2) is 60.7 Å². The minimum atomic E-state index is -4.44. The van der Waals surface area contributed by atoms with E-state index in [1.807, 2.05) is 30.3 Å². The summed E-state index contributed by atoms with van der Waals surface area (Å²) in [5, 5.41) is 3.28. The maximum atomic E-state index is 12.9. The number of nitrogens with one attached hydrogen (secondary N) is 1. The molecule has 32 heavy (non-hydrogen) atoms. The summed E-state index contributed by atoms with van der Waals surface area (Å²) in [6.45, 7) is -0.0566. The number of alkyl halides is 3. The third-order valence-corrected chi connectivity index (χ3v) is 5.99. The number of rotatable bonds is 5. The van der Waals surface area contributed by atoms with Gasteiger partial charge in [0.15, 0.2) is 0 Å². The molecule has 1 amide bonds. The van der Waals surface area contributed by atoms with Crippen LogP contribution in [0.4, 0.5) is 18.9 Å². The fourth-order valence-electron chi connectivity index (χ4n) is 3.23. The van der Waals surface area contributed by atoms with Crippen LogP contribution < -0.4 is 15.8 Å². The standard InChI is InChI=1S/C23H18F3N3O2S/c1-31-16-7-3-5-14(11-16)18-9-8-17-19(27)20(32-22(17)29-18)21(30)28-12-13-4-2-6-15(10-13)23(24,25)26/h2-11H,12,27H2,1H3,(H,28,30). The fourth-order valence-corrected chi connectivity index (χ4v) is 4.24. The molecule has 164 valence electrons. The zero-order valence-corrected chi connectivity index (χ0v) is 17.7. The van der Waals surface area contributed by atoms with Gasteiger partial charge in [-0.05, 0) is 42.0 Å². The topological polar surface area (TPSA) is 77.2 Å². The number of nitrogens with zero attached hydrogens (tertiary/aromatic N) is 1. The Morgan fingerprint density at radius 1 is 1.12 bits per heavy atom. The van der Waals surface area contributed by atoms with E-state index >= 15 is 0 Å². The quantitative estimate of drug-likeness (QED) is 0.415. The maximum Gasteiger partial charge on any atom is 0.416 e. The number of aromatic nitrogens is 1.